The Morgan fingerprint density at radius 2 is 1.93 bits per heavy atom. The van der Waals surface area contributed by atoms with Gasteiger partial charge in [0.1, 0.15) is 11.5 Å². The first-order valence-electron chi connectivity index (χ1n) is 9.60. The van der Waals surface area contributed by atoms with E-state index in [-0.39, 0.29) is 11.7 Å². The van der Waals surface area contributed by atoms with Crippen molar-refractivity contribution < 1.29 is 18.3 Å². The number of hydrogen-bond acceptors (Lipinski definition) is 4. The minimum Gasteiger partial charge on any atom is -0.463 e. The van der Waals surface area contributed by atoms with Crippen LogP contribution in [0.15, 0.2) is 47.1 Å². The molecule has 0 spiro atoms. The van der Waals surface area contributed by atoms with Gasteiger partial charge in [-0.15, -0.1) is 0 Å². The van der Waals surface area contributed by atoms with Crippen LogP contribution in [0.5, 0.6) is 0 Å². The molecule has 7 heteroatoms. The van der Waals surface area contributed by atoms with Crippen molar-refractivity contribution in [1.29, 1.82) is 0 Å². The molecule has 0 atom stereocenters. The van der Waals surface area contributed by atoms with E-state index >= 15 is 0 Å². The lowest BCUT2D eigenvalue weighted by atomic mass is 10.2. The van der Waals surface area contributed by atoms with Crippen molar-refractivity contribution in [2.45, 2.75) is 13.0 Å². The van der Waals surface area contributed by atoms with Gasteiger partial charge in [0.25, 0.3) is 5.91 Å². The average molecular weight is 385 g/mol. The van der Waals surface area contributed by atoms with Crippen molar-refractivity contribution in [3.8, 4) is 0 Å². The number of carbonyl (C=O) groups excluding carboxylic acids is 1. The Morgan fingerprint density at radius 1 is 1.14 bits per heavy atom. The van der Waals surface area contributed by atoms with Crippen LogP contribution in [0.4, 0.5) is 4.39 Å². The Morgan fingerprint density at radius 3 is 2.71 bits per heavy atom. The second kappa shape index (κ2) is 8.58. The minimum atomic E-state index is -0.275. The first-order valence-corrected chi connectivity index (χ1v) is 9.60. The Hall–Kier alpha value is -2.64. The number of benzene rings is 1. The van der Waals surface area contributed by atoms with Crippen LogP contribution in [0.1, 0.15) is 22.5 Å². The lowest BCUT2D eigenvalue weighted by Gasteiger charge is -2.26. The van der Waals surface area contributed by atoms with Crippen LogP contribution in [0, 0.1) is 5.82 Å². The van der Waals surface area contributed by atoms with Crippen LogP contribution in [0.2, 0.25) is 0 Å². The summed E-state index contributed by atoms with van der Waals surface area (Å²) in [6.45, 7) is 5.49. The van der Waals surface area contributed by atoms with Crippen LogP contribution >= 0.6 is 0 Å². The van der Waals surface area contributed by atoms with Crippen LogP contribution in [-0.4, -0.2) is 54.8 Å². The van der Waals surface area contributed by atoms with Crippen LogP contribution in [0.25, 0.3) is 11.1 Å². The van der Waals surface area contributed by atoms with Gasteiger partial charge in [0.15, 0.2) is 5.58 Å². The van der Waals surface area contributed by atoms with E-state index in [1.807, 2.05) is 10.6 Å². The van der Waals surface area contributed by atoms with Gasteiger partial charge in [-0.3, -0.25) is 9.69 Å². The van der Waals surface area contributed by atoms with E-state index in [1.165, 1.54) is 12.1 Å². The zero-order valence-electron chi connectivity index (χ0n) is 15.7. The summed E-state index contributed by atoms with van der Waals surface area (Å²) in [7, 11) is 0. The molecule has 6 nitrogen and oxygen atoms in total. The molecule has 1 aliphatic rings. The fraction of sp³-hybridized carbons (Fsp3) is 0.381. The van der Waals surface area contributed by atoms with Gasteiger partial charge in [-0.1, -0.05) is 12.1 Å². The third-order valence-corrected chi connectivity index (χ3v) is 5.05. The molecule has 148 valence electrons. The number of carbonyl (C=O) groups is 1. The van der Waals surface area contributed by atoms with Crippen molar-refractivity contribution in [3.63, 3.8) is 0 Å². The van der Waals surface area contributed by atoms with Crippen LogP contribution < -0.4 is 5.32 Å². The fourth-order valence-electron chi connectivity index (χ4n) is 3.53. The molecule has 1 amide bonds. The van der Waals surface area contributed by atoms with E-state index in [0.717, 1.165) is 50.3 Å². The zero-order chi connectivity index (χ0) is 19.3. The molecule has 0 radical (unpaired) electrons. The molecule has 3 aromatic rings. The molecular formula is C21H24FN3O3. The summed E-state index contributed by atoms with van der Waals surface area (Å²) < 4.78 is 25.9. The second-order valence-corrected chi connectivity index (χ2v) is 6.98. The third-order valence-electron chi connectivity index (χ3n) is 5.05. The topological polar surface area (TPSA) is 59.6 Å². The maximum absolute atomic E-state index is 13.2. The predicted molar refractivity (Wildman–Crippen MR) is 104 cm³/mol. The number of halogens is 1. The van der Waals surface area contributed by atoms with Gasteiger partial charge in [0.2, 0.25) is 0 Å². The van der Waals surface area contributed by atoms with Crippen LogP contribution in [0.3, 0.4) is 0 Å². The molecule has 1 N–H and O–H groups in total. The monoisotopic (exact) mass is 385 g/mol. The van der Waals surface area contributed by atoms with Crippen molar-refractivity contribution in [2.75, 3.05) is 39.4 Å². The van der Waals surface area contributed by atoms with Gasteiger partial charge in [-0.2, -0.15) is 0 Å². The molecule has 0 bridgehead atoms. The first-order chi connectivity index (χ1) is 13.7. The normalized spacial score (nSPS) is 15.2. The van der Waals surface area contributed by atoms with Gasteiger partial charge in [0, 0.05) is 38.3 Å². The summed E-state index contributed by atoms with van der Waals surface area (Å²) in [4.78, 5) is 15.1. The lowest BCUT2D eigenvalue weighted by molar-refractivity contribution is 0.0374. The van der Waals surface area contributed by atoms with Gasteiger partial charge >= 0.3 is 0 Å². The van der Waals surface area contributed by atoms with E-state index in [1.54, 1.807) is 24.5 Å². The molecule has 0 saturated carbocycles. The Labute approximate surface area is 162 Å². The number of furan rings is 1. The van der Waals surface area contributed by atoms with Gasteiger partial charge < -0.3 is 19.0 Å². The molecule has 0 aliphatic carbocycles. The van der Waals surface area contributed by atoms with Crippen molar-refractivity contribution in [2.24, 2.45) is 0 Å². The molecule has 1 aliphatic heterocycles. The molecule has 2 aromatic heterocycles. The zero-order valence-corrected chi connectivity index (χ0v) is 15.7. The molecule has 1 saturated heterocycles. The van der Waals surface area contributed by atoms with Crippen molar-refractivity contribution in [3.05, 3.63) is 59.7 Å². The van der Waals surface area contributed by atoms with Gasteiger partial charge in [0.05, 0.1) is 25.0 Å². The van der Waals surface area contributed by atoms with Crippen molar-refractivity contribution in [1.82, 2.24) is 14.8 Å². The summed E-state index contributed by atoms with van der Waals surface area (Å²) >= 11 is 0. The third kappa shape index (κ3) is 4.26. The molecule has 3 heterocycles. The van der Waals surface area contributed by atoms with Gasteiger partial charge in [-0.25, -0.2) is 4.39 Å². The lowest BCUT2D eigenvalue weighted by Crippen LogP contribution is -2.38. The average Bonchev–Trinajstić information content (AvgIpc) is 3.30. The molecule has 1 aromatic carbocycles. The van der Waals surface area contributed by atoms with E-state index in [4.69, 9.17) is 9.15 Å². The molecular weight excluding hydrogens is 361 g/mol. The summed E-state index contributed by atoms with van der Waals surface area (Å²) in [5.41, 5.74) is 2.98. The van der Waals surface area contributed by atoms with Crippen molar-refractivity contribution >= 4 is 17.0 Å². The largest absolute Gasteiger partial charge is 0.463 e. The maximum atomic E-state index is 13.2. The van der Waals surface area contributed by atoms with E-state index in [0.29, 0.717) is 24.4 Å². The number of ether oxygens (including phenoxy) is 1. The quantitative estimate of drug-likeness (QED) is 0.636. The summed E-state index contributed by atoms with van der Waals surface area (Å²) in [6.07, 6.45) is 2.50. The second-order valence-electron chi connectivity index (χ2n) is 6.98. The highest BCUT2D eigenvalue weighted by Gasteiger charge is 2.18. The number of hydrogen-bond donors (Lipinski definition) is 1. The van der Waals surface area contributed by atoms with Gasteiger partial charge in [-0.05, 0) is 30.7 Å². The summed E-state index contributed by atoms with van der Waals surface area (Å²) in [5, 5.41) is 3.01. The highest BCUT2D eigenvalue weighted by atomic mass is 19.1. The molecule has 0 unspecified atom stereocenters. The Kier molecular flexibility index (Phi) is 5.73. The minimum absolute atomic E-state index is 0.129. The summed E-state index contributed by atoms with van der Waals surface area (Å²) in [6, 6.07) is 9.91. The Balaban J connectivity index is 1.41. The number of rotatable bonds is 7. The number of morpholine rings is 1. The highest BCUT2D eigenvalue weighted by molar-refractivity contribution is 5.97. The van der Waals surface area contributed by atoms with E-state index in [9.17, 15) is 9.18 Å². The first kappa shape index (κ1) is 18.7. The highest BCUT2D eigenvalue weighted by Crippen LogP contribution is 2.22. The summed E-state index contributed by atoms with van der Waals surface area (Å²) in [5.74, 6) is -0.404. The van der Waals surface area contributed by atoms with E-state index in [2.05, 4.69) is 10.2 Å². The number of amides is 1. The van der Waals surface area contributed by atoms with E-state index < -0.39 is 0 Å². The molecule has 4 rings (SSSR count). The SMILES string of the molecule is O=C(NCCCN1CCOCC1)c1cc2occc2n1Cc1ccc(F)cc1. The smallest absolute Gasteiger partial charge is 0.268 e. The fourth-order valence-corrected chi connectivity index (χ4v) is 3.53. The number of fused-ring (bicyclic) bond motifs is 1. The number of aromatic nitrogens is 1. The number of nitrogens with one attached hydrogen (secondary N) is 1. The maximum Gasteiger partial charge on any atom is 0.268 e. The van der Waals surface area contributed by atoms with Crippen LogP contribution in [-0.2, 0) is 11.3 Å². The molecule has 1 fully saturated rings. The Bertz CT molecular complexity index is 926. The molecule has 28 heavy (non-hydrogen) atoms. The predicted octanol–water partition coefficient (Wildman–Crippen LogP) is 2.87. The standard InChI is InChI=1S/C21H24FN3O3/c22-17-4-2-16(3-5-17)15-25-18-6-11-28-20(18)14-19(25)21(26)23-7-1-8-24-9-12-27-13-10-24/h2-6,11,14H,1,7-10,12-13,15H2,(H,23,26). The number of nitrogens with zero attached hydrogens (tertiary/aromatic N) is 2.